The lowest BCUT2D eigenvalue weighted by Gasteiger charge is -2.07. The van der Waals surface area contributed by atoms with Gasteiger partial charge in [0, 0.05) is 0 Å². The maximum atomic E-state index is 12.8. The summed E-state index contributed by atoms with van der Waals surface area (Å²) in [6, 6.07) is 8.92. The van der Waals surface area contributed by atoms with E-state index in [1.165, 1.54) is 18.7 Å². The molecule has 1 aromatic carbocycles. The maximum absolute atomic E-state index is 12.8. The molecule has 0 saturated carbocycles. The normalized spacial score (nSPS) is 10.6. The zero-order valence-electron chi connectivity index (χ0n) is 19.1. The lowest BCUT2D eigenvalue weighted by molar-refractivity contribution is 0.0531. The first-order chi connectivity index (χ1) is 15.7. The third kappa shape index (κ3) is 5.43. The Bertz CT molecular complexity index is 1190. The number of benzene rings is 1. The first kappa shape index (κ1) is 24.1. The van der Waals surface area contributed by atoms with E-state index < -0.39 is 17.8 Å². The number of rotatable bonds is 8. The van der Waals surface area contributed by atoms with E-state index in [1.807, 2.05) is 32.0 Å². The van der Waals surface area contributed by atoms with Gasteiger partial charge in [-0.1, -0.05) is 6.07 Å². The Kier molecular flexibility index (Phi) is 7.55. The molecule has 3 aromatic rings. The highest BCUT2D eigenvalue weighted by atomic mass is 32.1. The molecule has 0 fully saturated rings. The molecule has 0 saturated heterocycles. The summed E-state index contributed by atoms with van der Waals surface area (Å²) >= 11 is 0.944. The number of hydrogen-bond acceptors (Lipinski definition) is 8. The zero-order chi connectivity index (χ0) is 24.1. The second kappa shape index (κ2) is 10.4. The van der Waals surface area contributed by atoms with E-state index in [1.54, 1.807) is 19.9 Å². The molecule has 2 aromatic heterocycles. The number of carbonyl (C=O) groups is 3. The molecule has 0 aliphatic carbocycles. The fourth-order valence-corrected chi connectivity index (χ4v) is 4.12. The number of carbonyl (C=O) groups excluding carboxylic acids is 3. The van der Waals surface area contributed by atoms with Crippen molar-refractivity contribution in [2.75, 3.05) is 19.0 Å². The topological polar surface area (TPSA) is 104 Å². The van der Waals surface area contributed by atoms with Gasteiger partial charge in [-0.2, -0.15) is 0 Å². The predicted octanol–water partition coefficient (Wildman–Crippen LogP) is 5.06. The van der Waals surface area contributed by atoms with E-state index in [-0.39, 0.29) is 34.4 Å². The Morgan fingerprint density at radius 3 is 2.45 bits per heavy atom. The molecule has 3 rings (SSSR count). The Morgan fingerprint density at radius 2 is 1.79 bits per heavy atom. The van der Waals surface area contributed by atoms with Gasteiger partial charge in [0.2, 0.25) is 0 Å². The van der Waals surface area contributed by atoms with Gasteiger partial charge in [0.05, 0.1) is 19.3 Å². The van der Waals surface area contributed by atoms with Crippen molar-refractivity contribution in [2.24, 2.45) is 0 Å². The van der Waals surface area contributed by atoms with Gasteiger partial charge in [0.1, 0.15) is 28.0 Å². The lowest BCUT2D eigenvalue weighted by Crippen LogP contribution is -2.13. The molecule has 174 valence electrons. The number of furan rings is 1. The van der Waals surface area contributed by atoms with Crippen molar-refractivity contribution in [3.05, 3.63) is 69.0 Å². The van der Waals surface area contributed by atoms with Crippen LogP contribution in [0.3, 0.4) is 0 Å². The van der Waals surface area contributed by atoms with Crippen LogP contribution in [0, 0.1) is 20.8 Å². The van der Waals surface area contributed by atoms with Crippen LogP contribution in [-0.2, 0) is 16.1 Å². The Balaban J connectivity index is 1.75. The first-order valence-electron chi connectivity index (χ1n) is 10.2. The molecule has 8 nitrogen and oxygen atoms in total. The van der Waals surface area contributed by atoms with Crippen LogP contribution in [0.2, 0.25) is 0 Å². The number of nitrogens with one attached hydrogen (secondary N) is 1. The molecule has 0 aliphatic rings. The lowest BCUT2D eigenvalue weighted by atomic mass is 10.1. The SMILES string of the molecule is CCOC(=O)c1sc(NC(=O)c2ccc(COc3ccc(C)c(C)c3)o2)c(C(=O)OC)c1C. The quantitative estimate of drug-likeness (QED) is 0.458. The molecular formula is C24H25NO7S. The molecule has 0 aliphatic heterocycles. The average molecular weight is 472 g/mol. The summed E-state index contributed by atoms with van der Waals surface area (Å²) in [5, 5.41) is 2.82. The van der Waals surface area contributed by atoms with Crippen LogP contribution in [-0.4, -0.2) is 31.6 Å². The molecule has 33 heavy (non-hydrogen) atoms. The van der Waals surface area contributed by atoms with Gasteiger partial charge in [0.25, 0.3) is 5.91 Å². The number of amides is 1. The van der Waals surface area contributed by atoms with Crippen molar-refractivity contribution < 1.29 is 33.0 Å². The van der Waals surface area contributed by atoms with E-state index in [2.05, 4.69) is 5.32 Å². The number of esters is 2. The molecular weight excluding hydrogens is 446 g/mol. The standard InChI is InChI=1S/C24H25NO7S/c1-6-30-24(28)20-15(4)19(23(27)29-5)22(33-20)25-21(26)18-10-9-17(32-18)12-31-16-8-7-13(2)14(3)11-16/h7-11H,6,12H2,1-5H3,(H,25,26). The van der Waals surface area contributed by atoms with Crippen molar-refractivity contribution in [3.8, 4) is 5.75 Å². The van der Waals surface area contributed by atoms with Gasteiger partial charge >= 0.3 is 11.9 Å². The minimum atomic E-state index is -0.670. The second-order valence-electron chi connectivity index (χ2n) is 7.23. The molecule has 0 spiro atoms. The highest BCUT2D eigenvalue weighted by Crippen LogP contribution is 2.34. The fraction of sp³-hybridized carbons (Fsp3) is 0.292. The second-order valence-corrected chi connectivity index (χ2v) is 8.25. The molecule has 0 atom stereocenters. The monoisotopic (exact) mass is 471 g/mol. The number of ether oxygens (including phenoxy) is 3. The minimum absolute atomic E-state index is 0.0354. The third-order valence-electron chi connectivity index (χ3n) is 4.97. The minimum Gasteiger partial charge on any atom is -0.486 e. The molecule has 0 bridgehead atoms. The Morgan fingerprint density at radius 1 is 1.03 bits per heavy atom. The summed E-state index contributed by atoms with van der Waals surface area (Å²) < 4.78 is 21.2. The van der Waals surface area contributed by atoms with Crippen LogP contribution in [0.15, 0.2) is 34.7 Å². The van der Waals surface area contributed by atoms with Crippen LogP contribution in [0.25, 0.3) is 0 Å². The molecule has 0 unspecified atom stereocenters. The number of methoxy groups -OCH3 is 1. The fourth-order valence-electron chi connectivity index (χ4n) is 3.04. The van der Waals surface area contributed by atoms with Gasteiger partial charge in [-0.25, -0.2) is 9.59 Å². The highest BCUT2D eigenvalue weighted by Gasteiger charge is 2.27. The van der Waals surface area contributed by atoms with E-state index in [0.29, 0.717) is 17.1 Å². The molecule has 1 N–H and O–H groups in total. The van der Waals surface area contributed by atoms with Gasteiger partial charge in [0.15, 0.2) is 5.76 Å². The van der Waals surface area contributed by atoms with E-state index in [0.717, 1.165) is 16.9 Å². The number of thiophene rings is 1. The molecule has 0 radical (unpaired) electrons. The third-order valence-corrected chi connectivity index (χ3v) is 6.16. The van der Waals surface area contributed by atoms with Crippen LogP contribution in [0.4, 0.5) is 5.00 Å². The van der Waals surface area contributed by atoms with Gasteiger partial charge in [-0.15, -0.1) is 11.3 Å². The number of hydrogen-bond donors (Lipinski definition) is 1. The van der Waals surface area contributed by atoms with Crippen LogP contribution < -0.4 is 10.1 Å². The van der Waals surface area contributed by atoms with Crippen molar-refractivity contribution >= 4 is 34.2 Å². The van der Waals surface area contributed by atoms with Crippen molar-refractivity contribution in [1.82, 2.24) is 0 Å². The van der Waals surface area contributed by atoms with Crippen LogP contribution in [0.1, 0.15) is 60.0 Å². The summed E-state index contributed by atoms with van der Waals surface area (Å²) in [6.07, 6.45) is 0. The Labute approximate surface area is 195 Å². The summed E-state index contributed by atoms with van der Waals surface area (Å²) in [4.78, 5) is 37.5. The smallest absolute Gasteiger partial charge is 0.348 e. The Hall–Kier alpha value is -3.59. The van der Waals surface area contributed by atoms with Gasteiger partial charge < -0.3 is 23.9 Å². The van der Waals surface area contributed by atoms with E-state index in [4.69, 9.17) is 18.6 Å². The van der Waals surface area contributed by atoms with E-state index in [9.17, 15) is 14.4 Å². The number of anilines is 1. The van der Waals surface area contributed by atoms with Crippen molar-refractivity contribution in [1.29, 1.82) is 0 Å². The van der Waals surface area contributed by atoms with E-state index >= 15 is 0 Å². The van der Waals surface area contributed by atoms with Gasteiger partial charge in [-0.05, 0) is 68.7 Å². The summed E-state index contributed by atoms with van der Waals surface area (Å²) in [5.41, 5.74) is 2.76. The maximum Gasteiger partial charge on any atom is 0.348 e. The molecule has 1 amide bonds. The van der Waals surface area contributed by atoms with Crippen LogP contribution in [0.5, 0.6) is 5.75 Å². The van der Waals surface area contributed by atoms with Crippen molar-refractivity contribution in [2.45, 2.75) is 34.3 Å². The molecule has 2 heterocycles. The predicted molar refractivity (Wildman–Crippen MR) is 123 cm³/mol. The highest BCUT2D eigenvalue weighted by molar-refractivity contribution is 7.18. The average Bonchev–Trinajstić information content (AvgIpc) is 3.39. The zero-order valence-corrected chi connectivity index (χ0v) is 19.9. The van der Waals surface area contributed by atoms with Crippen LogP contribution >= 0.6 is 11.3 Å². The summed E-state index contributed by atoms with van der Waals surface area (Å²) in [7, 11) is 1.23. The molecule has 9 heteroatoms. The summed E-state index contributed by atoms with van der Waals surface area (Å²) in [5.74, 6) is -0.627. The first-order valence-corrected chi connectivity index (χ1v) is 11.1. The number of aryl methyl sites for hydroxylation is 2. The summed E-state index contributed by atoms with van der Waals surface area (Å²) in [6.45, 7) is 7.63. The largest absolute Gasteiger partial charge is 0.486 e. The van der Waals surface area contributed by atoms with Gasteiger partial charge in [-0.3, -0.25) is 4.79 Å². The van der Waals surface area contributed by atoms with Crippen molar-refractivity contribution in [3.63, 3.8) is 0 Å².